The van der Waals surface area contributed by atoms with Crippen LogP contribution in [0.2, 0.25) is 0 Å². The minimum Gasteiger partial charge on any atom is -0.326 e. The van der Waals surface area contributed by atoms with Crippen LogP contribution in [-0.2, 0) is 12.4 Å². The molecule has 100 valence electrons. The van der Waals surface area contributed by atoms with Gasteiger partial charge in [0.1, 0.15) is 5.82 Å². The molecule has 2 saturated carbocycles. The number of nitrogens with zero attached hydrogens (tertiary/aromatic N) is 2. The van der Waals surface area contributed by atoms with Crippen LogP contribution in [0.1, 0.15) is 37.1 Å². The lowest BCUT2D eigenvalue weighted by molar-refractivity contribution is 0.370. The Morgan fingerprint density at radius 1 is 1.37 bits per heavy atom. The van der Waals surface area contributed by atoms with Crippen molar-refractivity contribution in [1.29, 1.82) is 0 Å². The molecule has 0 bridgehead atoms. The van der Waals surface area contributed by atoms with Gasteiger partial charge in [0, 0.05) is 6.54 Å². The average molecular weight is 275 g/mol. The number of para-hydroxylation sites is 1. The van der Waals surface area contributed by atoms with Gasteiger partial charge in [0.2, 0.25) is 0 Å². The minimum atomic E-state index is 0.509. The topological polar surface area (TPSA) is 17.8 Å². The van der Waals surface area contributed by atoms with Crippen molar-refractivity contribution in [2.45, 2.75) is 45.0 Å². The van der Waals surface area contributed by atoms with Gasteiger partial charge in [0.15, 0.2) is 0 Å². The van der Waals surface area contributed by atoms with Gasteiger partial charge < -0.3 is 4.57 Å². The van der Waals surface area contributed by atoms with Crippen LogP contribution in [0.15, 0.2) is 18.2 Å². The van der Waals surface area contributed by atoms with Crippen LogP contribution in [0.3, 0.4) is 0 Å². The molecular weight excluding hydrogens is 256 g/mol. The summed E-state index contributed by atoms with van der Waals surface area (Å²) in [5, 5.41) is 0. The lowest BCUT2D eigenvalue weighted by atomic mass is 10.0. The Labute approximate surface area is 118 Å². The fraction of sp³-hybridized carbons (Fsp3) is 0.562. The fourth-order valence-electron chi connectivity index (χ4n) is 3.55. The summed E-state index contributed by atoms with van der Waals surface area (Å²) in [6, 6.07) is 6.36. The van der Waals surface area contributed by atoms with Gasteiger partial charge in [-0.05, 0) is 55.6 Å². The molecule has 2 fully saturated rings. The standard InChI is InChI=1S/C16H19ClN2/c1-11-3-2-4-13-15(11)19(14(9-17)18-13)10-16(7-8-16)12-5-6-12/h2-4,12H,5-10H2,1H3. The van der Waals surface area contributed by atoms with Crippen LogP contribution < -0.4 is 0 Å². The highest BCUT2D eigenvalue weighted by molar-refractivity contribution is 6.16. The monoisotopic (exact) mass is 274 g/mol. The molecule has 0 saturated heterocycles. The fourth-order valence-corrected chi connectivity index (χ4v) is 3.76. The molecule has 0 atom stereocenters. The summed E-state index contributed by atoms with van der Waals surface area (Å²) in [6.07, 6.45) is 5.65. The second-order valence-corrected chi connectivity index (χ2v) is 6.59. The van der Waals surface area contributed by atoms with E-state index in [1.54, 1.807) is 0 Å². The van der Waals surface area contributed by atoms with Crippen molar-refractivity contribution in [3.8, 4) is 0 Å². The van der Waals surface area contributed by atoms with E-state index in [2.05, 4.69) is 29.7 Å². The second kappa shape index (κ2) is 3.99. The molecule has 1 aromatic heterocycles. The van der Waals surface area contributed by atoms with Crippen molar-refractivity contribution < 1.29 is 0 Å². The van der Waals surface area contributed by atoms with Crippen molar-refractivity contribution in [1.82, 2.24) is 9.55 Å². The maximum atomic E-state index is 6.12. The van der Waals surface area contributed by atoms with Crippen LogP contribution in [0.4, 0.5) is 0 Å². The molecule has 0 spiro atoms. The number of fused-ring (bicyclic) bond motifs is 1. The molecule has 0 radical (unpaired) electrons. The van der Waals surface area contributed by atoms with E-state index < -0.39 is 0 Å². The smallest absolute Gasteiger partial charge is 0.124 e. The summed E-state index contributed by atoms with van der Waals surface area (Å²) in [7, 11) is 0. The van der Waals surface area contributed by atoms with Gasteiger partial charge >= 0.3 is 0 Å². The van der Waals surface area contributed by atoms with E-state index in [-0.39, 0.29) is 0 Å². The lowest BCUT2D eigenvalue weighted by Gasteiger charge is -2.18. The summed E-state index contributed by atoms with van der Waals surface area (Å²) >= 11 is 6.12. The van der Waals surface area contributed by atoms with Crippen molar-refractivity contribution in [3.05, 3.63) is 29.6 Å². The molecule has 2 aromatic rings. The lowest BCUT2D eigenvalue weighted by Crippen LogP contribution is -2.16. The average Bonchev–Trinajstić information content (AvgIpc) is 3.27. The molecular formula is C16H19ClN2. The normalized spacial score (nSPS) is 20.9. The van der Waals surface area contributed by atoms with Gasteiger partial charge in [-0.25, -0.2) is 4.98 Å². The van der Waals surface area contributed by atoms with Crippen LogP contribution in [0.25, 0.3) is 11.0 Å². The highest BCUT2D eigenvalue weighted by Crippen LogP contribution is 2.62. The molecule has 2 nitrogen and oxygen atoms in total. The number of alkyl halides is 1. The maximum absolute atomic E-state index is 6.12. The van der Waals surface area contributed by atoms with Crippen LogP contribution >= 0.6 is 11.6 Å². The van der Waals surface area contributed by atoms with Gasteiger partial charge in [-0.1, -0.05) is 12.1 Å². The number of rotatable bonds is 4. The maximum Gasteiger partial charge on any atom is 0.124 e. The Morgan fingerprint density at radius 2 is 2.16 bits per heavy atom. The highest BCUT2D eigenvalue weighted by Gasteiger charge is 2.54. The Balaban J connectivity index is 1.82. The molecule has 19 heavy (non-hydrogen) atoms. The number of aromatic nitrogens is 2. The van der Waals surface area contributed by atoms with Gasteiger partial charge in [-0.2, -0.15) is 0 Å². The molecule has 0 N–H and O–H groups in total. The number of hydrogen-bond donors (Lipinski definition) is 0. The Morgan fingerprint density at radius 3 is 2.79 bits per heavy atom. The first-order chi connectivity index (χ1) is 9.23. The van der Waals surface area contributed by atoms with E-state index in [0.717, 1.165) is 23.8 Å². The van der Waals surface area contributed by atoms with E-state index in [4.69, 9.17) is 16.6 Å². The van der Waals surface area contributed by atoms with Gasteiger partial charge in [-0.3, -0.25) is 0 Å². The first-order valence-electron chi connectivity index (χ1n) is 7.24. The zero-order valence-electron chi connectivity index (χ0n) is 11.3. The number of imidazole rings is 1. The van der Waals surface area contributed by atoms with Crippen molar-refractivity contribution in [2.24, 2.45) is 11.3 Å². The van der Waals surface area contributed by atoms with E-state index >= 15 is 0 Å². The minimum absolute atomic E-state index is 0.509. The summed E-state index contributed by atoms with van der Waals surface area (Å²) in [4.78, 5) is 4.71. The number of aryl methyl sites for hydroxylation is 1. The molecule has 3 heteroatoms. The van der Waals surface area contributed by atoms with E-state index in [1.807, 2.05) is 0 Å². The predicted molar refractivity (Wildman–Crippen MR) is 78.4 cm³/mol. The van der Waals surface area contributed by atoms with Crippen LogP contribution in [0.5, 0.6) is 0 Å². The van der Waals surface area contributed by atoms with Crippen molar-refractivity contribution >= 4 is 22.6 Å². The molecule has 4 rings (SSSR count). The quantitative estimate of drug-likeness (QED) is 0.761. The Kier molecular flexibility index (Phi) is 2.47. The predicted octanol–water partition coefficient (Wildman–Crippen LogP) is 4.27. The van der Waals surface area contributed by atoms with E-state index in [9.17, 15) is 0 Å². The SMILES string of the molecule is Cc1cccc2nc(CCl)n(CC3(C4CC4)CC3)c12. The van der Waals surface area contributed by atoms with Crippen molar-refractivity contribution in [3.63, 3.8) is 0 Å². The third-order valence-corrected chi connectivity index (χ3v) is 5.21. The van der Waals surface area contributed by atoms with Gasteiger partial charge in [0.05, 0.1) is 16.9 Å². The van der Waals surface area contributed by atoms with Crippen LogP contribution in [-0.4, -0.2) is 9.55 Å². The van der Waals surface area contributed by atoms with Gasteiger partial charge in [0.25, 0.3) is 0 Å². The van der Waals surface area contributed by atoms with E-state index in [0.29, 0.717) is 11.3 Å². The summed E-state index contributed by atoms with van der Waals surface area (Å²) in [5.41, 5.74) is 4.29. The van der Waals surface area contributed by atoms with Crippen LogP contribution in [0, 0.1) is 18.3 Å². The number of halogens is 1. The molecule has 2 aliphatic rings. The first kappa shape index (κ1) is 11.8. The highest BCUT2D eigenvalue weighted by atomic mass is 35.5. The third kappa shape index (κ3) is 1.80. The third-order valence-electron chi connectivity index (χ3n) is 4.98. The first-order valence-corrected chi connectivity index (χ1v) is 7.78. The molecule has 0 amide bonds. The molecule has 1 heterocycles. The summed E-state index contributed by atoms with van der Waals surface area (Å²) in [6.45, 7) is 3.30. The molecule has 0 aliphatic heterocycles. The zero-order valence-corrected chi connectivity index (χ0v) is 12.1. The largest absolute Gasteiger partial charge is 0.326 e. The Hall–Kier alpha value is -1.02. The van der Waals surface area contributed by atoms with E-state index in [1.165, 1.54) is 36.8 Å². The number of benzene rings is 1. The molecule has 0 unspecified atom stereocenters. The Bertz CT molecular complexity index is 635. The second-order valence-electron chi connectivity index (χ2n) is 6.33. The molecule has 2 aliphatic carbocycles. The summed E-state index contributed by atoms with van der Waals surface area (Å²) in [5.74, 6) is 2.52. The zero-order chi connectivity index (χ0) is 13.0. The van der Waals surface area contributed by atoms with Gasteiger partial charge in [-0.15, -0.1) is 11.6 Å². The number of hydrogen-bond acceptors (Lipinski definition) is 1. The summed E-state index contributed by atoms with van der Waals surface area (Å²) < 4.78 is 2.41. The van der Waals surface area contributed by atoms with Crippen molar-refractivity contribution in [2.75, 3.05) is 0 Å². The molecule has 1 aromatic carbocycles.